The Morgan fingerprint density at radius 3 is 2.67 bits per heavy atom. The number of pyridine rings is 1. The van der Waals surface area contributed by atoms with Gasteiger partial charge in [-0.05, 0) is 36.8 Å². The van der Waals surface area contributed by atoms with Crippen molar-refractivity contribution in [3.8, 4) is 5.75 Å². The van der Waals surface area contributed by atoms with Gasteiger partial charge in [-0.15, -0.1) is 0 Å². The van der Waals surface area contributed by atoms with Gasteiger partial charge in [0.1, 0.15) is 11.4 Å². The van der Waals surface area contributed by atoms with Gasteiger partial charge in [-0.3, -0.25) is 9.20 Å². The Balaban J connectivity index is 1.72. The molecule has 3 N–H and O–H groups in total. The Bertz CT molecular complexity index is 1290. The molecule has 0 radical (unpaired) electrons. The number of ether oxygens (including phenoxy) is 1. The third kappa shape index (κ3) is 3.44. The molecule has 2 aromatic carbocycles. The van der Waals surface area contributed by atoms with Gasteiger partial charge < -0.3 is 25.1 Å². The van der Waals surface area contributed by atoms with Crippen LogP contribution < -0.4 is 15.6 Å². The summed E-state index contributed by atoms with van der Waals surface area (Å²) in [5.41, 5.74) is 4.32. The molecule has 2 aromatic heterocycles. The van der Waals surface area contributed by atoms with E-state index in [2.05, 4.69) is 5.32 Å². The molecule has 0 aliphatic carbocycles. The molecule has 0 saturated carbocycles. The predicted molar refractivity (Wildman–Crippen MR) is 119 cm³/mol. The summed E-state index contributed by atoms with van der Waals surface area (Å²) in [7, 11) is 1.61. The zero-order chi connectivity index (χ0) is 21.3. The molecule has 0 saturated heterocycles. The minimum atomic E-state index is -0.718. The highest BCUT2D eigenvalue weighted by molar-refractivity contribution is 5.93. The SMILES string of the molecule is COc1cccc(NCC(O)Cn2c3ccccc3n3c(=O)cc(C)c(C=N)c23)c1. The van der Waals surface area contributed by atoms with Gasteiger partial charge in [0.25, 0.3) is 5.56 Å². The number of imidazole rings is 1. The lowest BCUT2D eigenvalue weighted by Crippen LogP contribution is -2.25. The Morgan fingerprint density at radius 1 is 1.17 bits per heavy atom. The van der Waals surface area contributed by atoms with Crippen LogP contribution in [0.1, 0.15) is 11.1 Å². The van der Waals surface area contributed by atoms with E-state index in [1.807, 2.05) is 60.0 Å². The van der Waals surface area contributed by atoms with Gasteiger partial charge in [-0.2, -0.15) is 0 Å². The third-order valence-corrected chi connectivity index (χ3v) is 5.26. The number of nitrogens with one attached hydrogen (secondary N) is 2. The number of para-hydroxylation sites is 2. The summed E-state index contributed by atoms with van der Waals surface area (Å²) in [6.45, 7) is 2.42. The number of aromatic nitrogens is 2. The molecule has 0 aliphatic rings. The van der Waals surface area contributed by atoms with E-state index < -0.39 is 6.10 Å². The Hall–Kier alpha value is -3.58. The van der Waals surface area contributed by atoms with E-state index in [0.717, 1.165) is 28.0 Å². The fourth-order valence-corrected chi connectivity index (χ4v) is 3.83. The molecule has 0 bridgehead atoms. The van der Waals surface area contributed by atoms with Gasteiger partial charge in [0.2, 0.25) is 0 Å². The normalized spacial score (nSPS) is 12.2. The van der Waals surface area contributed by atoms with E-state index in [4.69, 9.17) is 10.1 Å². The third-order valence-electron chi connectivity index (χ3n) is 5.26. The standard InChI is InChI=1S/C23H24N4O3/c1-15-10-22(29)27-21-9-4-3-8-20(21)26(23(27)19(15)12-24)14-17(28)13-25-16-6-5-7-18(11-16)30-2/h3-12,17,24-25,28H,13-14H2,1-2H3. The van der Waals surface area contributed by atoms with E-state index >= 15 is 0 Å². The fourth-order valence-electron chi connectivity index (χ4n) is 3.83. The highest BCUT2D eigenvalue weighted by Gasteiger charge is 2.18. The first-order valence-electron chi connectivity index (χ1n) is 9.73. The maximum absolute atomic E-state index is 12.7. The molecular weight excluding hydrogens is 380 g/mol. The lowest BCUT2D eigenvalue weighted by Gasteiger charge is -2.16. The molecule has 154 valence electrons. The number of methoxy groups -OCH3 is 1. The number of hydrogen-bond donors (Lipinski definition) is 3. The number of fused-ring (bicyclic) bond motifs is 3. The molecule has 7 nitrogen and oxygen atoms in total. The number of aliphatic hydroxyl groups excluding tert-OH is 1. The number of anilines is 1. The highest BCUT2D eigenvalue weighted by atomic mass is 16.5. The van der Waals surface area contributed by atoms with Gasteiger partial charge in [-0.1, -0.05) is 18.2 Å². The van der Waals surface area contributed by atoms with Crippen LogP contribution in [0.5, 0.6) is 5.75 Å². The largest absolute Gasteiger partial charge is 0.497 e. The van der Waals surface area contributed by atoms with Crippen LogP contribution in [0.2, 0.25) is 0 Å². The lowest BCUT2D eigenvalue weighted by molar-refractivity contribution is 0.169. The molecule has 2 heterocycles. The molecule has 1 unspecified atom stereocenters. The average molecular weight is 404 g/mol. The maximum atomic E-state index is 12.7. The van der Waals surface area contributed by atoms with Crippen LogP contribution in [0.15, 0.2) is 59.4 Å². The average Bonchev–Trinajstić information content (AvgIpc) is 3.07. The molecule has 4 rings (SSSR count). The van der Waals surface area contributed by atoms with Gasteiger partial charge in [-0.25, -0.2) is 0 Å². The molecule has 0 spiro atoms. The van der Waals surface area contributed by atoms with Crippen LogP contribution in [-0.2, 0) is 6.54 Å². The van der Waals surface area contributed by atoms with E-state index in [0.29, 0.717) is 17.8 Å². The summed E-state index contributed by atoms with van der Waals surface area (Å²) in [6, 6.07) is 16.6. The van der Waals surface area contributed by atoms with Crippen molar-refractivity contribution in [3.05, 3.63) is 76.1 Å². The molecule has 0 fully saturated rings. The van der Waals surface area contributed by atoms with Gasteiger partial charge in [0.15, 0.2) is 0 Å². The molecule has 30 heavy (non-hydrogen) atoms. The molecule has 1 atom stereocenters. The summed E-state index contributed by atoms with van der Waals surface area (Å²) in [6.07, 6.45) is 0.547. The van der Waals surface area contributed by atoms with Crippen LogP contribution in [-0.4, -0.2) is 40.0 Å². The highest BCUT2D eigenvalue weighted by Crippen LogP contribution is 2.24. The van der Waals surface area contributed by atoms with E-state index in [1.54, 1.807) is 17.6 Å². The van der Waals surface area contributed by atoms with Crippen LogP contribution in [0.4, 0.5) is 5.69 Å². The fraction of sp³-hybridized carbons (Fsp3) is 0.217. The topological polar surface area (TPSA) is 91.8 Å². The maximum Gasteiger partial charge on any atom is 0.257 e. The van der Waals surface area contributed by atoms with Gasteiger partial charge >= 0.3 is 0 Å². The van der Waals surface area contributed by atoms with E-state index in [1.165, 1.54) is 6.21 Å². The number of nitrogens with zero attached hydrogens (tertiary/aromatic N) is 2. The number of aryl methyl sites for hydroxylation is 1. The summed E-state index contributed by atoms with van der Waals surface area (Å²) in [5.74, 6) is 0.738. The lowest BCUT2D eigenvalue weighted by atomic mass is 10.1. The minimum absolute atomic E-state index is 0.146. The van der Waals surface area contributed by atoms with Crippen molar-refractivity contribution in [2.24, 2.45) is 0 Å². The Morgan fingerprint density at radius 2 is 1.93 bits per heavy atom. The predicted octanol–water partition coefficient (Wildman–Crippen LogP) is 3.04. The zero-order valence-corrected chi connectivity index (χ0v) is 16.9. The number of benzene rings is 2. The van der Waals surface area contributed by atoms with Gasteiger partial charge in [0, 0.05) is 36.1 Å². The minimum Gasteiger partial charge on any atom is -0.497 e. The van der Waals surface area contributed by atoms with Crippen LogP contribution >= 0.6 is 0 Å². The molecular formula is C23H24N4O3. The second-order valence-corrected chi connectivity index (χ2v) is 7.25. The number of hydrogen-bond acceptors (Lipinski definition) is 5. The summed E-state index contributed by atoms with van der Waals surface area (Å²) in [5, 5.41) is 21.9. The van der Waals surface area contributed by atoms with Crippen molar-refractivity contribution in [2.45, 2.75) is 19.6 Å². The van der Waals surface area contributed by atoms with E-state index in [9.17, 15) is 9.90 Å². The number of rotatable bonds is 7. The molecule has 4 aromatic rings. The second kappa shape index (κ2) is 8.04. The zero-order valence-electron chi connectivity index (χ0n) is 16.9. The smallest absolute Gasteiger partial charge is 0.257 e. The molecule has 0 amide bonds. The Labute approximate surface area is 173 Å². The molecule has 7 heteroatoms. The first-order chi connectivity index (χ1) is 14.5. The van der Waals surface area contributed by atoms with Crippen LogP contribution in [0, 0.1) is 12.3 Å². The van der Waals surface area contributed by atoms with Crippen molar-refractivity contribution < 1.29 is 9.84 Å². The van der Waals surface area contributed by atoms with E-state index in [-0.39, 0.29) is 12.1 Å². The van der Waals surface area contributed by atoms with Crippen LogP contribution in [0.3, 0.4) is 0 Å². The van der Waals surface area contributed by atoms with Gasteiger partial charge in [0.05, 0.1) is 30.8 Å². The monoisotopic (exact) mass is 404 g/mol. The Kier molecular flexibility index (Phi) is 5.29. The van der Waals surface area contributed by atoms with Crippen molar-refractivity contribution in [2.75, 3.05) is 19.0 Å². The summed E-state index contributed by atoms with van der Waals surface area (Å²) >= 11 is 0. The van der Waals surface area contributed by atoms with Crippen molar-refractivity contribution in [1.82, 2.24) is 8.97 Å². The first-order valence-corrected chi connectivity index (χ1v) is 9.73. The van der Waals surface area contributed by atoms with Crippen molar-refractivity contribution in [1.29, 1.82) is 5.41 Å². The van der Waals surface area contributed by atoms with Crippen molar-refractivity contribution in [3.63, 3.8) is 0 Å². The summed E-state index contributed by atoms with van der Waals surface area (Å²) in [4.78, 5) is 12.7. The van der Waals surface area contributed by atoms with Crippen LogP contribution in [0.25, 0.3) is 16.7 Å². The van der Waals surface area contributed by atoms with Crippen molar-refractivity contribution >= 4 is 28.6 Å². The summed E-state index contributed by atoms with van der Waals surface area (Å²) < 4.78 is 8.77. The molecule has 0 aliphatic heterocycles. The first kappa shape index (κ1) is 19.7. The quantitative estimate of drug-likeness (QED) is 0.413. The second-order valence-electron chi connectivity index (χ2n) is 7.25. The number of aliphatic hydroxyl groups is 1.